The van der Waals surface area contributed by atoms with E-state index < -0.39 is 10.9 Å². The quantitative estimate of drug-likeness (QED) is 0.683. The van der Waals surface area contributed by atoms with Gasteiger partial charge in [0.25, 0.3) is 5.69 Å². The maximum atomic E-state index is 11.2. The second-order valence-electron chi connectivity index (χ2n) is 4.59. The van der Waals surface area contributed by atoms with Gasteiger partial charge in [-0.25, -0.2) is 4.79 Å². The third-order valence-corrected chi connectivity index (χ3v) is 3.17. The largest absolute Gasteiger partial charge is 0.478 e. The predicted octanol–water partition coefficient (Wildman–Crippen LogP) is 3.58. The van der Waals surface area contributed by atoms with E-state index in [1.165, 1.54) is 12.1 Å². The summed E-state index contributed by atoms with van der Waals surface area (Å²) in [5, 5.41) is 20.0. The molecule has 0 saturated heterocycles. The molecule has 5 nitrogen and oxygen atoms in total. The Morgan fingerprint density at radius 3 is 2.45 bits per heavy atom. The molecule has 0 amide bonds. The third-order valence-electron chi connectivity index (χ3n) is 3.17. The Balaban J connectivity index is 2.63. The summed E-state index contributed by atoms with van der Waals surface area (Å²) >= 11 is 0. The molecule has 0 heterocycles. The highest BCUT2D eigenvalue weighted by Crippen LogP contribution is 2.29. The van der Waals surface area contributed by atoms with Crippen LogP contribution in [0.5, 0.6) is 0 Å². The molecule has 0 aliphatic carbocycles. The van der Waals surface area contributed by atoms with Gasteiger partial charge in [-0.05, 0) is 42.2 Å². The van der Waals surface area contributed by atoms with Crippen LogP contribution in [0.15, 0.2) is 36.4 Å². The summed E-state index contributed by atoms with van der Waals surface area (Å²) in [6, 6.07) is 9.52. The highest BCUT2D eigenvalue weighted by molar-refractivity contribution is 5.91. The molecule has 2 rings (SSSR count). The maximum absolute atomic E-state index is 11.2. The van der Waals surface area contributed by atoms with Crippen LogP contribution in [-0.2, 0) is 0 Å². The zero-order chi connectivity index (χ0) is 14.9. The minimum atomic E-state index is -1.01. The lowest BCUT2D eigenvalue weighted by Crippen LogP contribution is -2.01. The summed E-state index contributed by atoms with van der Waals surface area (Å²) in [6.45, 7) is 3.58. The number of aromatic carboxylic acids is 1. The van der Waals surface area contributed by atoms with Crippen LogP contribution in [0.2, 0.25) is 0 Å². The molecule has 0 aliphatic rings. The lowest BCUT2D eigenvalue weighted by molar-refractivity contribution is -0.384. The Bertz CT molecular complexity index is 707. The first-order valence-corrected chi connectivity index (χ1v) is 5.99. The van der Waals surface area contributed by atoms with Crippen molar-refractivity contribution in [3.05, 3.63) is 63.2 Å². The van der Waals surface area contributed by atoms with Crippen LogP contribution >= 0.6 is 0 Å². The number of hydrogen-bond donors (Lipinski definition) is 1. The van der Waals surface area contributed by atoms with Gasteiger partial charge in [0.05, 0.1) is 10.5 Å². The van der Waals surface area contributed by atoms with E-state index in [1.807, 2.05) is 6.92 Å². The van der Waals surface area contributed by atoms with Crippen molar-refractivity contribution in [1.82, 2.24) is 0 Å². The van der Waals surface area contributed by atoms with E-state index in [2.05, 4.69) is 0 Å². The summed E-state index contributed by atoms with van der Waals surface area (Å²) < 4.78 is 0. The van der Waals surface area contributed by atoms with Crippen molar-refractivity contribution in [2.45, 2.75) is 13.8 Å². The molecule has 0 fully saturated rings. The summed E-state index contributed by atoms with van der Waals surface area (Å²) in [4.78, 5) is 21.5. The molecular weight excluding hydrogens is 258 g/mol. The van der Waals surface area contributed by atoms with Gasteiger partial charge in [0.1, 0.15) is 0 Å². The average Bonchev–Trinajstić information content (AvgIpc) is 2.38. The molecule has 0 bridgehead atoms. The summed E-state index contributed by atoms with van der Waals surface area (Å²) in [5.41, 5.74) is 3.07. The van der Waals surface area contributed by atoms with Crippen LogP contribution in [0.4, 0.5) is 5.69 Å². The summed E-state index contributed by atoms with van der Waals surface area (Å²) in [5.74, 6) is -1.01. The maximum Gasteiger partial charge on any atom is 0.335 e. The van der Waals surface area contributed by atoms with E-state index in [9.17, 15) is 14.9 Å². The lowest BCUT2D eigenvalue weighted by Gasteiger charge is -2.10. The van der Waals surface area contributed by atoms with Crippen LogP contribution in [0.1, 0.15) is 21.5 Å². The molecule has 0 atom stereocenters. The fraction of sp³-hybridized carbons (Fsp3) is 0.133. The van der Waals surface area contributed by atoms with Gasteiger partial charge in [-0.2, -0.15) is 0 Å². The average molecular weight is 271 g/mol. The number of aryl methyl sites for hydroxylation is 2. The molecule has 0 aliphatic heterocycles. The monoisotopic (exact) mass is 271 g/mol. The Hall–Kier alpha value is -2.69. The zero-order valence-corrected chi connectivity index (χ0v) is 11.1. The molecule has 1 N–H and O–H groups in total. The standard InChI is InChI=1S/C15H13NO4/c1-9-6-10(2)14(15(17)18)8-13(9)11-4-3-5-12(7-11)16(19)20/h3-8H,1-2H3,(H,17,18). The molecule has 0 saturated carbocycles. The summed E-state index contributed by atoms with van der Waals surface area (Å²) in [7, 11) is 0. The van der Waals surface area contributed by atoms with Crippen LogP contribution in [0.25, 0.3) is 11.1 Å². The number of rotatable bonds is 3. The Kier molecular flexibility index (Phi) is 3.52. The smallest absolute Gasteiger partial charge is 0.335 e. The van der Waals surface area contributed by atoms with E-state index >= 15 is 0 Å². The van der Waals surface area contributed by atoms with Gasteiger partial charge < -0.3 is 5.11 Å². The number of non-ortho nitro benzene ring substituents is 1. The van der Waals surface area contributed by atoms with Crippen LogP contribution in [0, 0.1) is 24.0 Å². The van der Waals surface area contributed by atoms with Crippen molar-refractivity contribution >= 4 is 11.7 Å². The molecule has 20 heavy (non-hydrogen) atoms. The Morgan fingerprint density at radius 2 is 1.85 bits per heavy atom. The molecule has 2 aromatic carbocycles. The number of carboxylic acids is 1. The van der Waals surface area contributed by atoms with Crippen molar-refractivity contribution in [2.75, 3.05) is 0 Å². The summed E-state index contributed by atoms with van der Waals surface area (Å²) in [6.07, 6.45) is 0. The molecule has 0 unspecified atom stereocenters. The van der Waals surface area contributed by atoms with E-state index in [0.717, 1.165) is 5.56 Å². The number of nitrogens with zero attached hydrogens (tertiary/aromatic N) is 1. The minimum Gasteiger partial charge on any atom is -0.478 e. The first-order chi connectivity index (χ1) is 9.40. The lowest BCUT2D eigenvalue weighted by atomic mass is 9.95. The van der Waals surface area contributed by atoms with Gasteiger partial charge in [0.15, 0.2) is 0 Å². The number of nitro groups is 1. The second kappa shape index (κ2) is 5.13. The van der Waals surface area contributed by atoms with Gasteiger partial charge in [0, 0.05) is 12.1 Å². The minimum absolute atomic E-state index is 0.0145. The molecule has 0 aromatic heterocycles. The second-order valence-corrected chi connectivity index (χ2v) is 4.59. The first-order valence-electron chi connectivity index (χ1n) is 5.99. The Morgan fingerprint density at radius 1 is 1.15 bits per heavy atom. The van der Waals surface area contributed by atoms with Crippen molar-refractivity contribution < 1.29 is 14.8 Å². The van der Waals surface area contributed by atoms with Crippen molar-refractivity contribution in [1.29, 1.82) is 0 Å². The van der Waals surface area contributed by atoms with Gasteiger partial charge >= 0.3 is 5.97 Å². The number of benzene rings is 2. The van der Waals surface area contributed by atoms with Gasteiger partial charge in [-0.3, -0.25) is 10.1 Å². The molecule has 102 valence electrons. The number of carboxylic acid groups (broad SMARTS) is 1. The molecular formula is C15H13NO4. The van der Waals surface area contributed by atoms with Crippen molar-refractivity contribution in [3.8, 4) is 11.1 Å². The molecule has 5 heteroatoms. The van der Waals surface area contributed by atoms with E-state index in [4.69, 9.17) is 5.11 Å². The van der Waals surface area contributed by atoms with E-state index in [1.54, 1.807) is 31.2 Å². The van der Waals surface area contributed by atoms with Crippen LogP contribution < -0.4 is 0 Å². The SMILES string of the molecule is Cc1cc(C)c(-c2cccc([N+](=O)[O-])c2)cc1C(=O)O. The van der Waals surface area contributed by atoms with Crippen molar-refractivity contribution in [3.63, 3.8) is 0 Å². The molecule has 0 spiro atoms. The highest BCUT2D eigenvalue weighted by atomic mass is 16.6. The Labute approximate surface area is 115 Å². The van der Waals surface area contributed by atoms with Gasteiger partial charge in [-0.1, -0.05) is 18.2 Å². The normalized spacial score (nSPS) is 10.3. The highest BCUT2D eigenvalue weighted by Gasteiger charge is 2.13. The first kappa shape index (κ1) is 13.7. The van der Waals surface area contributed by atoms with E-state index in [-0.39, 0.29) is 11.3 Å². The fourth-order valence-corrected chi connectivity index (χ4v) is 2.18. The van der Waals surface area contributed by atoms with E-state index in [0.29, 0.717) is 16.7 Å². The number of carbonyl (C=O) groups is 1. The fourth-order valence-electron chi connectivity index (χ4n) is 2.18. The van der Waals surface area contributed by atoms with Crippen LogP contribution in [-0.4, -0.2) is 16.0 Å². The molecule has 2 aromatic rings. The topological polar surface area (TPSA) is 80.4 Å². The predicted molar refractivity (Wildman–Crippen MR) is 75.0 cm³/mol. The zero-order valence-electron chi connectivity index (χ0n) is 11.1. The van der Waals surface area contributed by atoms with Crippen molar-refractivity contribution in [2.24, 2.45) is 0 Å². The van der Waals surface area contributed by atoms with Gasteiger partial charge in [-0.15, -0.1) is 0 Å². The number of hydrogen-bond acceptors (Lipinski definition) is 3. The third kappa shape index (κ3) is 2.51. The molecule has 0 radical (unpaired) electrons. The van der Waals surface area contributed by atoms with Gasteiger partial charge in [0.2, 0.25) is 0 Å². The van der Waals surface area contributed by atoms with Crippen LogP contribution in [0.3, 0.4) is 0 Å². The number of nitro benzene ring substituents is 1.